The van der Waals surface area contributed by atoms with Gasteiger partial charge in [-0.05, 0) is 18.6 Å². The lowest BCUT2D eigenvalue weighted by Crippen LogP contribution is -2.07. The van der Waals surface area contributed by atoms with Crippen LogP contribution in [-0.2, 0) is 0 Å². The first kappa shape index (κ1) is 12.2. The number of nitrogens with zero attached hydrogens (tertiary/aromatic N) is 3. The Hall–Kier alpha value is -1.85. The number of benzene rings is 1. The SMILES string of the molecule is CCC(N)c1nnc(-c2cccc3ncccc23)s1. The predicted molar refractivity (Wildman–Crippen MR) is 77.9 cm³/mol. The molecule has 3 aromatic rings. The van der Waals surface area contributed by atoms with Gasteiger partial charge in [-0.2, -0.15) is 0 Å². The van der Waals surface area contributed by atoms with Gasteiger partial charge in [-0.1, -0.05) is 36.5 Å². The summed E-state index contributed by atoms with van der Waals surface area (Å²) in [5.41, 5.74) is 8.03. The van der Waals surface area contributed by atoms with E-state index in [1.54, 1.807) is 17.5 Å². The third kappa shape index (κ3) is 2.22. The Morgan fingerprint density at radius 1 is 1.21 bits per heavy atom. The number of hydrogen-bond donors (Lipinski definition) is 1. The van der Waals surface area contributed by atoms with Crippen molar-refractivity contribution in [3.05, 3.63) is 41.5 Å². The molecule has 1 unspecified atom stereocenters. The quantitative estimate of drug-likeness (QED) is 0.794. The second-order valence-corrected chi connectivity index (χ2v) is 5.34. The fourth-order valence-corrected chi connectivity index (χ4v) is 2.93. The highest BCUT2D eigenvalue weighted by Gasteiger charge is 2.13. The zero-order valence-electron chi connectivity index (χ0n) is 10.6. The van der Waals surface area contributed by atoms with E-state index >= 15 is 0 Å². The predicted octanol–water partition coefficient (Wildman–Crippen LogP) is 3.16. The Morgan fingerprint density at radius 2 is 2.11 bits per heavy atom. The highest BCUT2D eigenvalue weighted by Crippen LogP contribution is 2.31. The zero-order chi connectivity index (χ0) is 13.2. The average molecular weight is 270 g/mol. The fraction of sp³-hybridized carbons (Fsp3) is 0.214. The highest BCUT2D eigenvalue weighted by molar-refractivity contribution is 7.14. The third-order valence-corrected chi connectivity index (χ3v) is 4.16. The monoisotopic (exact) mass is 270 g/mol. The summed E-state index contributed by atoms with van der Waals surface area (Å²) in [5.74, 6) is 0. The van der Waals surface area contributed by atoms with Gasteiger partial charge in [0.25, 0.3) is 0 Å². The van der Waals surface area contributed by atoms with Crippen molar-refractivity contribution >= 4 is 22.2 Å². The lowest BCUT2D eigenvalue weighted by Gasteiger charge is -2.02. The van der Waals surface area contributed by atoms with Gasteiger partial charge < -0.3 is 5.73 Å². The molecule has 0 saturated heterocycles. The van der Waals surface area contributed by atoms with Crippen LogP contribution in [0.1, 0.15) is 24.4 Å². The van der Waals surface area contributed by atoms with Gasteiger partial charge in [-0.3, -0.25) is 4.98 Å². The van der Waals surface area contributed by atoms with E-state index in [1.165, 1.54) is 0 Å². The minimum absolute atomic E-state index is 0.0284. The van der Waals surface area contributed by atoms with Gasteiger partial charge in [-0.15, -0.1) is 10.2 Å². The third-order valence-electron chi connectivity index (χ3n) is 3.07. The van der Waals surface area contributed by atoms with Crippen molar-refractivity contribution in [1.82, 2.24) is 15.2 Å². The highest BCUT2D eigenvalue weighted by atomic mass is 32.1. The smallest absolute Gasteiger partial charge is 0.148 e. The molecule has 19 heavy (non-hydrogen) atoms. The van der Waals surface area contributed by atoms with Crippen LogP contribution in [0.3, 0.4) is 0 Å². The number of hydrogen-bond acceptors (Lipinski definition) is 5. The molecular formula is C14H14N4S. The fourth-order valence-electron chi connectivity index (χ4n) is 1.96. The molecule has 4 nitrogen and oxygen atoms in total. The largest absolute Gasteiger partial charge is 0.322 e. The molecule has 0 spiro atoms. The molecule has 3 rings (SSSR count). The summed E-state index contributed by atoms with van der Waals surface area (Å²) < 4.78 is 0. The summed E-state index contributed by atoms with van der Waals surface area (Å²) in [6, 6.07) is 10.00. The van der Waals surface area contributed by atoms with Crippen LogP contribution in [0, 0.1) is 0 Å². The first-order valence-corrected chi connectivity index (χ1v) is 7.04. The standard InChI is InChI=1S/C14H14N4S/c1-2-11(15)14-18-17-13(19-14)10-5-3-7-12-9(10)6-4-8-16-12/h3-8,11H,2,15H2,1H3. The lowest BCUT2D eigenvalue weighted by atomic mass is 10.1. The molecule has 96 valence electrons. The van der Waals surface area contributed by atoms with Gasteiger partial charge in [0.15, 0.2) is 0 Å². The normalized spacial score (nSPS) is 12.7. The summed E-state index contributed by atoms with van der Waals surface area (Å²) in [5, 5.41) is 11.3. The van der Waals surface area contributed by atoms with Crippen LogP contribution in [-0.4, -0.2) is 15.2 Å². The molecule has 5 heteroatoms. The molecule has 0 radical (unpaired) electrons. The van der Waals surface area contributed by atoms with Gasteiger partial charge in [-0.25, -0.2) is 0 Å². The summed E-state index contributed by atoms with van der Waals surface area (Å²) in [7, 11) is 0. The molecule has 0 amide bonds. The summed E-state index contributed by atoms with van der Waals surface area (Å²) in [6.07, 6.45) is 2.66. The van der Waals surface area contributed by atoms with Gasteiger partial charge in [0, 0.05) is 17.1 Å². The van der Waals surface area contributed by atoms with E-state index in [-0.39, 0.29) is 6.04 Å². The number of rotatable bonds is 3. The molecule has 1 atom stereocenters. The molecule has 0 aliphatic carbocycles. The topological polar surface area (TPSA) is 64.7 Å². The summed E-state index contributed by atoms with van der Waals surface area (Å²) in [4.78, 5) is 4.36. The minimum Gasteiger partial charge on any atom is -0.322 e. The van der Waals surface area contributed by atoms with Crippen molar-refractivity contribution in [3.63, 3.8) is 0 Å². The van der Waals surface area contributed by atoms with Crippen LogP contribution in [0.2, 0.25) is 0 Å². The van der Waals surface area contributed by atoms with Crippen molar-refractivity contribution in [1.29, 1.82) is 0 Å². The van der Waals surface area contributed by atoms with Crippen LogP contribution in [0.5, 0.6) is 0 Å². The van der Waals surface area contributed by atoms with Crippen LogP contribution in [0.4, 0.5) is 0 Å². The maximum Gasteiger partial charge on any atom is 0.148 e. The Morgan fingerprint density at radius 3 is 2.95 bits per heavy atom. The van der Waals surface area contributed by atoms with Crippen molar-refractivity contribution < 1.29 is 0 Å². The van der Waals surface area contributed by atoms with Crippen molar-refractivity contribution in [3.8, 4) is 10.6 Å². The summed E-state index contributed by atoms with van der Waals surface area (Å²) in [6.45, 7) is 2.05. The maximum atomic E-state index is 5.99. The number of aromatic nitrogens is 3. The van der Waals surface area contributed by atoms with Gasteiger partial charge in [0.2, 0.25) is 0 Å². The van der Waals surface area contributed by atoms with E-state index in [0.717, 1.165) is 32.9 Å². The first-order valence-electron chi connectivity index (χ1n) is 6.22. The van der Waals surface area contributed by atoms with Gasteiger partial charge in [0.05, 0.1) is 11.6 Å². The van der Waals surface area contributed by atoms with Crippen molar-refractivity contribution in [2.45, 2.75) is 19.4 Å². The van der Waals surface area contributed by atoms with Crippen LogP contribution >= 0.6 is 11.3 Å². The maximum absolute atomic E-state index is 5.99. The molecule has 0 aliphatic heterocycles. The molecule has 0 saturated carbocycles. The second-order valence-electron chi connectivity index (χ2n) is 4.34. The summed E-state index contributed by atoms with van der Waals surface area (Å²) >= 11 is 1.56. The Kier molecular flexibility index (Phi) is 3.23. The second kappa shape index (κ2) is 5.03. The molecule has 2 aromatic heterocycles. The van der Waals surface area contributed by atoms with Crippen LogP contribution < -0.4 is 5.73 Å². The van der Waals surface area contributed by atoms with Gasteiger partial charge >= 0.3 is 0 Å². The Balaban J connectivity index is 2.12. The van der Waals surface area contributed by atoms with E-state index in [4.69, 9.17) is 5.73 Å². The Bertz CT molecular complexity index is 702. The minimum atomic E-state index is -0.0284. The average Bonchev–Trinajstić information content (AvgIpc) is 2.95. The van der Waals surface area contributed by atoms with Crippen molar-refractivity contribution in [2.75, 3.05) is 0 Å². The Labute approximate surface area is 115 Å². The molecule has 2 N–H and O–H groups in total. The zero-order valence-corrected chi connectivity index (χ0v) is 11.4. The van der Waals surface area contributed by atoms with E-state index < -0.39 is 0 Å². The molecular weight excluding hydrogens is 256 g/mol. The molecule has 0 fully saturated rings. The van der Waals surface area contributed by atoms with Crippen LogP contribution in [0.15, 0.2) is 36.5 Å². The molecule has 0 bridgehead atoms. The number of nitrogens with two attached hydrogens (primary N) is 1. The molecule has 0 aliphatic rings. The van der Waals surface area contributed by atoms with E-state index in [0.29, 0.717) is 0 Å². The van der Waals surface area contributed by atoms with Gasteiger partial charge in [0.1, 0.15) is 10.0 Å². The van der Waals surface area contributed by atoms with E-state index in [1.807, 2.05) is 31.2 Å². The number of pyridine rings is 1. The molecule has 2 heterocycles. The first-order chi connectivity index (χ1) is 9.29. The van der Waals surface area contributed by atoms with Crippen molar-refractivity contribution in [2.24, 2.45) is 5.73 Å². The molecule has 1 aromatic carbocycles. The van der Waals surface area contributed by atoms with E-state index in [2.05, 4.69) is 21.2 Å². The lowest BCUT2D eigenvalue weighted by molar-refractivity contribution is 0.683. The number of fused-ring (bicyclic) bond motifs is 1. The van der Waals surface area contributed by atoms with Crippen LogP contribution in [0.25, 0.3) is 21.5 Å². The van der Waals surface area contributed by atoms with E-state index in [9.17, 15) is 0 Å².